The summed E-state index contributed by atoms with van der Waals surface area (Å²) in [6.45, 7) is 1.33. The molecule has 1 heterocycles. The molecule has 2 rings (SSSR count). The van der Waals surface area contributed by atoms with Gasteiger partial charge >= 0.3 is 5.97 Å². The lowest BCUT2D eigenvalue weighted by atomic mass is 9.99. The van der Waals surface area contributed by atoms with E-state index in [4.69, 9.17) is 16.3 Å². The van der Waals surface area contributed by atoms with Crippen molar-refractivity contribution in [2.24, 2.45) is 0 Å². The van der Waals surface area contributed by atoms with Gasteiger partial charge in [0.1, 0.15) is 0 Å². The first-order chi connectivity index (χ1) is 11.3. The number of rotatable bonds is 7. The molecule has 1 unspecified atom stereocenters. The van der Waals surface area contributed by atoms with E-state index in [1.165, 1.54) is 25.3 Å². The smallest absolute Gasteiger partial charge is 0.339 e. The number of nitrogens with one attached hydrogen (secondary N) is 2. The van der Waals surface area contributed by atoms with Crippen molar-refractivity contribution in [2.45, 2.75) is 23.3 Å². The van der Waals surface area contributed by atoms with Gasteiger partial charge < -0.3 is 14.8 Å². The summed E-state index contributed by atoms with van der Waals surface area (Å²) in [5.41, 5.74) is -0.513. The van der Waals surface area contributed by atoms with Gasteiger partial charge in [-0.3, -0.25) is 0 Å². The van der Waals surface area contributed by atoms with Crippen LogP contribution in [0.25, 0.3) is 0 Å². The van der Waals surface area contributed by atoms with Crippen molar-refractivity contribution in [1.29, 1.82) is 0 Å². The topological polar surface area (TPSA) is 93.7 Å². The minimum absolute atomic E-state index is 0.0606. The Hall–Kier alpha value is -1.19. The number of benzene rings is 1. The standard InChI is InChI=1S/C15H21ClN2O5S/c1-22-10-15(6-3-7-17-15)9-18-24(20,21)13-8-11(16)4-5-12(13)14(19)23-2/h4-5,8,17-18H,3,6-7,9-10H2,1-2H3. The first-order valence-corrected chi connectivity index (χ1v) is 9.31. The summed E-state index contributed by atoms with van der Waals surface area (Å²) >= 11 is 5.90. The molecule has 0 amide bonds. The molecule has 1 aromatic carbocycles. The second-order valence-electron chi connectivity index (χ2n) is 5.70. The molecule has 1 fully saturated rings. The molecule has 9 heteroatoms. The molecule has 2 N–H and O–H groups in total. The lowest BCUT2D eigenvalue weighted by molar-refractivity contribution is 0.0596. The van der Waals surface area contributed by atoms with Gasteiger partial charge in [0.15, 0.2) is 0 Å². The fourth-order valence-corrected chi connectivity index (χ4v) is 4.36. The third-order valence-electron chi connectivity index (χ3n) is 3.99. The maximum absolute atomic E-state index is 12.7. The fourth-order valence-electron chi connectivity index (χ4n) is 2.78. The Labute approximate surface area is 146 Å². The van der Waals surface area contributed by atoms with Gasteiger partial charge in [0.2, 0.25) is 10.0 Å². The summed E-state index contributed by atoms with van der Waals surface area (Å²) in [7, 11) is -1.18. The normalized spacial score (nSPS) is 21.0. The van der Waals surface area contributed by atoms with Crippen LogP contribution in [0, 0.1) is 0 Å². The third kappa shape index (κ3) is 4.25. The maximum atomic E-state index is 12.7. The van der Waals surface area contributed by atoms with E-state index in [9.17, 15) is 13.2 Å². The van der Waals surface area contributed by atoms with Gasteiger partial charge in [0, 0.05) is 18.7 Å². The summed E-state index contributed by atoms with van der Waals surface area (Å²) in [4.78, 5) is 11.6. The predicted molar refractivity (Wildman–Crippen MR) is 89.8 cm³/mol. The number of halogens is 1. The number of sulfonamides is 1. The van der Waals surface area contributed by atoms with Crippen molar-refractivity contribution >= 4 is 27.6 Å². The first kappa shape index (κ1) is 19.1. The highest BCUT2D eigenvalue weighted by Gasteiger charge is 2.35. The zero-order valence-corrected chi connectivity index (χ0v) is 15.2. The van der Waals surface area contributed by atoms with Crippen molar-refractivity contribution in [3.05, 3.63) is 28.8 Å². The molecule has 0 saturated carbocycles. The van der Waals surface area contributed by atoms with Crippen molar-refractivity contribution < 1.29 is 22.7 Å². The summed E-state index contributed by atoms with van der Waals surface area (Å²) in [6.07, 6.45) is 1.73. The predicted octanol–water partition coefficient (Wildman–Crippen LogP) is 1.17. The molecular formula is C15H21ClN2O5S. The Bertz CT molecular complexity index is 702. The number of methoxy groups -OCH3 is 2. The zero-order chi connectivity index (χ0) is 17.8. The average molecular weight is 377 g/mol. The Kier molecular flexibility index (Phi) is 6.22. The molecule has 1 saturated heterocycles. The summed E-state index contributed by atoms with van der Waals surface area (Å²) in [5, 5.41) is 3.50. The molecular weight excluding hydrogens is 356 g/mol. The van der Waals surface area contributed by atoms with Crippen LogP contribution in [0.2, 0.25) is 5.02 Å². The van der Waals surface area contributed by atoms with Gasteiger partial charge in [-0.25, -0.2) is 17.9 Å². The van der Waals surface area contributed by atoms with E-state index in [1.807, 2.05) is 0 Å². The summed E-state index contributed by atoms with van der Waals surface area (Å²) in [6, 6.07) is 4.01. The van der Waals surface area contributed by atoms with Gasteiger partial charge in [-0.2, -0.15) is 0 Å². The molecule has 24 heavy (non-hydrogen) atoms. The van der Waals surface area contributed by atoms with E-state index in [-0.39, 0.29) is 22.0 Å². The number of hydrogen-bond donors (Lipinski definition) is 2. The van der Waals surface area contributed by atoms with E-state index in [2.05, 4.69) is 14.8 Å². The zero-order valence-electron chi connectivity index (χ0n) is 13.6. The second-order valence-corrected chi connectivity index (χ2v) is 7.87. The molecule has 1 aliphatic rings. The highest BCUT2D eigenvalue weighted by Crippen LogP contribution is 2.23. The second kappa shape index (κ2) is 7.79. The largest absolute Gasteiger partial charge is 0.465 e. The Morgan fingerprint density at radius 3 is 2.75 bits per heavy atom. The lowest BCUT2D eigenvalue weighted by Gasteiger charge is -2.29. The minimum atomic E-state index is -3.94. The van der Waals surface area contributed by atoms with Crippen LogP contribution in [-0.4, -0.2) is 53.8 Å². The number of carbonyl (C=O) groups is 1. The molecule has 0 aliphatic carbocycles. The summed E-state index contributed by atoms with van der Waals surface area (Å²) < 4.78 is 37.8. The van der Waals surface area contributed by atoms with Crippen molar-refractivity contribution in [1.82, 2.24) is 10.0 Å². The molecule has 134 valence electrons. The van der Waals surface area contributed by atoms with Gasteiger partial charge in [0.25, 0.3) is 0 Å². The molecule has 1 atom stereocenters. The van der Waals surface area contributed by atoms with Gasteiger partial charge in [-0.15, -0.1) is 0 Å². The highest BCUT2D eigenvalue weighted by molar-refractivity contribution is 7.89. The van der Waals surface area contributed by atoms with Crippen molar-refractivity contribution in [2.75, 3.05) is 33.9 Å². The van der Waals surface area contributed by atoms with Crippen LogP contribution in [0.3, 0.4) is 0 Å². The lowest BCUT2D eigenvalue weighted by Crippen LogP contribution is -2.53. The van der Waals surface area contributed by atoms with Gasteiger partial charge in [-0.05, 0) is 37.6 Å². The van der Waals surface area contributed by atoms with Crippen LogP contribution in [-0.2, 0) is 19.5 Å². The van der Waals surface area contributed by atoms with Crippen molar-refractivity contribution in [3.8, 4) is 0 Å². The summed E-state index contributed by atoms with van der Waals surface area (Å²) in [5.74, 6) is -0.738. The van der Waals surface area contributed by atoms with E-state index >= 15 is 0 Å². The van der Waals surface area contributed by atoms with Crippen LogP contribution in [0.15, 0.2) is 23.1 Å². The number of esters is 1. The monoisotopic (exact) mass is 376 g/mol. The Morgan fingerprint density at radius 1 is 1.42 bits per heavy atom. The molecule has 0 radical (unpaired) electrons. The molecule has 0 bridgehead atoms. The molecule has 7 nitrogen and oxygen atoms in total. The number of carbonyl (C=O) groups excluding carboxylic acids is 1. The van der Waals surface area contributed by atoms with E-state index < -0.39 is 21.5 Å². The highest BCUT2D eigenvalue weighted by atomic mass is 35.5. The van der Waals surface area contributed by atoms with Gasteiger partial charge in [0.05, 0.1) is 29.7 Å². The third-order valence-corrected chi connectivity index (χ3v) is 5.67. The molecule has 1 aliphatic heterocycles. The maximum Gasteiger partial charge on any atom is 0.339 e. The van der Waals surface area contributed by atoms with Crippen LogP contribution >= 0.6 is 11.6 Å². The SMILES string of the molecule is COCC1(CNS(=O)(=O)c2cc(Cl)ccc2C(=O)OC)CCCN1. The van der Waals surface area contributed by atoms with Crippen LogP contribution < -0.4 is 10.0 Å². The van der Waals surface area contributed by atoms with Crippen LogP contribution in [0.1, 0.15) is 23.2 Å². The molecule has 0 aromatic heterocycles. The van der Waals surface area contributed by atoms with Gasteiger partial charge in [-0.1, -0.05) is 11.6 Å². The Morgan fingerprint density at radius 2 is 2.17 bits per heavy atom. The fraction of sp³-hybridized carbons (Fsp3) is 0.533. The van der Waals surface area contributed by atoms with E-state index in [0.29, 0.717) is 6.61 Å². The average Bonchev–Trinajstić information content (AvgIpc) is 3.02. The first-order valence-electron chi connectivity index (χ1n) is 7.45. The Balaban J connectivity index is 2.27. The van der Waals surface area contributed by atoms with Crippen molar-refractivity contribution in [3.63, 3.8) is 0 Å². The quantitative estimate of drug-likeness (QED) is 0.694. The number of ether oxygens (including phenoxy) is 2. The minimum Gasteiger partial charge on any atom is -0.465 e. The van der Waals surface area contributed by atoms with E-state index in [0.717, 1.165) is 19.4 Å². The van der Waals surface area contributed by atoms with Crippen LogP contribution in [0.5, 0.6) is 0 Å². The van der Waals surface area contributed by atoms with E-state index in [1.54, 1.807) is 7.11 Å². The van der Waals surface area contributed by atoms with Crippen LogP contribution in [0.4, 0.5) is 0 Å². The molecule has 1 aromatic rings. The molecule has 0 spiro atoms. The number of hydrogen-bond acceptors (Lipinski definition) is 6.